The van der Waals surface area contributed by atoms with Crippen LogP contribution in [-0.2, 0) is 4.79 Å². The van der Waals surface area contributed by atoms with Crippen LogP contribution in [0.3, 0.4) is 0 Å². The number of primary amides is 1. The number of hydrogen-bond donors (Lipinski definition) is 2. The first kappa shape index (κ1) is 16.2. The third-order valence-corrected chi connectivity index (χ3v) is 4.59. The molecule has 0 radical (unpaired) electrons. The minimum absolute atomic E-state index is 0.262. The van der Waals surface area contributed by atoms with Gasteiger partial charge in [0.15, 0.2) is 5.16 Å². The van der Waals surface area contributed by atoms with Crippen LogP contribution in [0.4, 0.5) is 0 Å². The lowest BCUT2D eigenvalue weighted by Crippen LogP contribution is -2.54. The van der Waals surface area contributed by atoms with E-state index in [1.165, 1.54) is 0 Å². The fourth-order valence-corrected chi connectivity index (χ4v) is 3.18. The monoisotopic (exact) mass is 308 g/mol. The standard InChI is InChI=1S/C15H24N4OS/c1-10-9-11(2)18-14(17-10)21-8-4-7-15(3,13(16)20)19-12-5-6-12/h9,12,19H,4-8H2,1-3H3,(H2,16,20). The van der Waals surface area contributed by atoms with Crippen LogP contribution in [0.15, 0.2) is 11.2 Å². The number of rotatable bonds is 8. The van der Waals surface area contributed by atoms with E-state index in [9.17, 15) is 4.79 Å². The normalized spacial score (nSPS) is 17.5. The topological polar surface area (TPSA) is 80.9 Å². The van der Waals surface area contributed by atoms with Crippen molar-refractivity contribution in [3.05, 3.63) is 17.5 Å². The molecule has 1 fully saturated rings. The third kappa shape index (κ3) is 4.97. The van der Waals surface area contributed by atoms with Gasteiger partial charge in [-0.1, -0.05) is 11.8 Å². The summed E-state index contributed by atoms with van der Waals surface area (Å²) in [4.78, 5) is 20.5. The molecule has 5 nitrogen and oxygen atoms in total. The molecule has 116 valence electrons. The first-order chi connectivity index (χ1) is 9.89. The molecule has 0 bridgehead atoms. The van der Waals surface area contributed by atoms with Crippen LogP contribution in [0.2, 0.25) is 0 Å². The predicted molar refractivity (Wildman–Crippen MR) is 85.2 cm³/mol. The van der Waals surface area contributed by atoms with Gasteiger partial charge in [-0.2, -0.15) is 0 Å². The Morgan fingerprint density at radius 3 is 2.57 bits per heavy atom. The molecule has 3 N–H and O–H groups in total. The van der Waals surface area contributed by atoms with Crippen LogP contribution in [0.25, 0.3) is 0 Å². The van der Waals surface area contributed by atoms with E-state index < -0.39 is 5.54 Å². The summed E-state index contributed by atoms with van der Waals surface area (Å²) in [5, 5.41) is 4.18. The second-order valence-corrected chi connectivity index (χ2v) is 7.06. The van der Waals surface area contributed by atoms with Gasteiger partial charge in [0, 0.05) is 23.2 Å². The van der Waals surface area contributed by atoms with Crippen molar-refractivity contribution in [3.63, 3.8) is 0 Å². The van der Waals surface area contributed by atoms with E-state index in [-0.39, 0.29) is 5.91 Å². The molecule has 1 heterocycles. The fraction of sp³-hybridized carbons (Fsp3) is 0.667. The quantitative estimate of drug-likeness (QED) is 0.436. The first-order valence-electron chi connectivity index (χ1n) is 7.42. The summed E-state index contributed by atoms with van der Waals surface area (Å²) >= 11 is 1.63. The number of thioether (sulfide) groups is 1. The molecule has 1 saturated carbocycles. The van der Waals surface area contributed by atoms with E-state index in [4.69, 9.17) is 5.73 Å². The van der Waals surface area contributed by atoms with Crippen molar-refractivity contribution in [2.24, 2.45) is 5.73 Å². The van der Waals surface area contributed by atoms with E-state index >= 15 is 0 Å². The van der Waals surface area contributed by atoms with Gasteiger partial charge in [0.1, 0.15) is 0 Å². The number of carbonyl (C=O) groups is 1. The van der Waals surface area contributed by atoms with Crippen LogP contribution in [0.5, 0.6) is 0 Å². The van der Waals surface area contributed by atoms with Gasteiger partial charge in [0.25, 0.3) is 0 Å². The molecule has 2 rings (SSSR count). The van der Waals surface area contributed by atoms with Gasteiger partial charge in [0.05, 0.1) is 5.54 Å². The third-order valence-electron chi connectivity index (χ3n) is 3.66. The van der Waals surface area contributed by atoms with Crippen molar-refractivity contribution in [2.75, 3.05) is 5.75 Å². The average Bonchev–Trinajstić information content (AvgIpc) is 3.17. The molecule has 1 atom stereocenters. The molecular weight excluding hydrogens is 284 g/mol. The molecule has 0 spiro atoms. The van der Waals surface area contributed by atoms with Crippen molar-refractivity contribution in [2.45, 2.75) is 63.2 Å². The van der Waals surface area contributed by atoms with Gasteiger partial charge < -0.3 is 11.1 Å². The second kappa shape index (κ2) is 6.75. The summed E-state index contributed by atoms with van der Waals surface area (Å²) in [6.07, 6.45) is 3.94. The average molecular weight is 308 g/mol. The molecule has 1 amide bonds. The minimum atomic E-state index is -0.592. The van der Waals surface area contributed by atoms with Crippen molar-refractivity contribution in [1.29, 1.82) is 0 Å². The van der Waals surface area contributed by atoms with Gasteiger partial charge in [-0.05, 0) is 52.5 Å². The molecule has 0 saturated heterocycles. The summed E-state index contributed by atoms with van der Waals surface area (Å²) in [7, 11) is 0. The lowest BCUT2D eigenvalue weighted by atomic mass is 9.95. The fourth-order valence-electron chi connectivity index (χ4n) is 2.29. The Morgan fingerprint density at radius 2 is 2.05 bits per heavy atom. The van der Waals surface area contributed by atoms with E-state index in [1.54, 1.807) is 11.8 Å². The highest BCUT2D eigenvalue weighted by molar-refractivity contribution is 7.99. The first-order valence-corrected chi connectivity index (χ1v) is 8.40. The summed E-state index contributed by atoms with van der Waals surface area (Å²) in [5.41, 5.74) is 6.93. The number of amides is 1. The zero-order chi connectivity index (χ0) is 15.5. The summed E-state index contributed by atoms with van der Waals surface area (Å²) in [6.45, 7) is 5.86. The Hall–Kier alpha value is -1.14. The molecular formula is C15H24N4OS. The molecule has 1 aliphatic carbocycles. The van der Waals surface area contributed by atoms with Crippen LogP contribution in [0, 0.1) is 13.8 Å². The Labute approximate surface area is 130 Å². The smallest absolute Gasteiger partial charge is 0.237 e. The summed E-state index contributed by atoms with van der Waals surface area (Å²) in [5.74, 6) is 0.625. The predicted octanol–water partition coefficient (Wildman–Crippen LogP) is 1.96. The van der Waals surface area contributed by atoms with Crippen LogP contribution >= 0.6 is 11.8 Å². The van der Waals surface area contributed by atoms with Gasteiger partial charge >= 0.3 is 0 Å². The van der Waals surface area contributed by atoms with Crippen LogP contribution < -0.4 is 11.1 Å². The Bertz CT molecular complexity index is 498. The van der Waals surface area contributed by atoms with Gasteiger partial charge in [-0.25, -0.2) is 9.97 Å². The van der Waals surface area contributed by atoms with E-state index in [2.05, 4.69) is 15.3 Å². The Morgan fingerprint density at radius 1 is 1.43 bits per heavy atom. The molecule has 1 aromatic rings. The zero-order valence-electron chi connectivity index (χ0n) is 13.0. The Kier molecular flexibility index (Phi) is 5.22. The molecule has 0 aromatic carbocycles. The van der Waals surface area contributed by atoms with Gasteiger partial charge in [-0.3, -0.25) is 4.79 Å². The maximum absolute atomic E-state index is 11.7. The van der Waals surface area contributed by atoms with Gasteiger partial charge in [0.2, 0.25) is 5.91 Å². The van der Waals surface area contributed by atoms with Crippen LogP contribution in [-0.4, -0.2) is 33.2 Å². The maximum Gasteiger partial charge on any atom is 0.237 e. The SMILES string of the molecule is Cc1cc(C)nc(SCCCC(C)(NC2CC2)C(N)=O)n1. The number of aromatic nitrogens is 2. The maximum atomic E-state index is 11.7. The highest BCUT2D eigenvalue weighted by Gasteiger charge is 2.36. The zero-order valence-corrected chi connectivity index (χ0v) is 13.8. The summed E-state index contributed by atoms with van der Waals surface area (Å²) in [6, 6.07) is 2.44. The van der Waals surface area contributed by atoms with Crippen molar-refractivity contribution in [3.8, 4) is 0 Å². The number of hydrogen-bond acceptors (Lipinski definition) is 5. The number of aryl methyl sites for hydroxylation is 2. The molecule has 1 aliphatic rings. The van der Waals surface area contributed by atoms with Gasteiger partial charge in [-0.15, -0.1) is 0 Å². The molecule has 0 aliphatic heterocycles. The highest BCUT2D eigenvalue weighted by atomic mass is 32.2. The van der Waals surface area contributed by atoms with Crippen molar-refractivity contribution >= 4 is 17.7 Å². The van der Waals surface area contributed by atoms with E-state index in [1.807, 2.05) is 26.8 Å². The number of nitrogens with two attached hydrogens (primary N) is 1. The Balaban J connectivity index is 1.80. The lowest BCUT2D eigenvalue weighted by Gasteiger charge is -2.27. The van der Waals surface area contributed by atoms with Crippen molar-refractivity contribution in [1.82, 2.24) is 15.3 Å². The number of carbonyl (C=O) groups excluding carboxylic acids is 1. The molecule has 21 heavy (non-hydrogen) atoms. The number of nitrogens with zero attached hydrogens (tertiary/aromatic N) is 2. The minimum Gasteiger partial charge on any atom is -0.368 e. The largest absolute Gasteiger partial charge is 0.368 e. The van der Waals surface area contributed by atoms with E-state index in [0.29, 0.717) is 6.04 Å². The van der Waals surface area contributed by atoms with Crippen LogP contribution in [0.1, 0.15) is 44.0 Å². The summed E-state index contributed by atoms with van der Waals surface area (Å²) < 4.78 is 0. The molecule has 1 unspecified atom stereocenters. The highest BCUT2D eigenvalue weighted by Crippen LogP contribution is 2.25. The molecule has 1 aromatic heterocycles. The number of nitrogens with one attached hydrogen (secondary N) is 1. The van der Waals surface area contributed by atoms with E-state index in [0.717, 1.165) is 48.0 Å². The van der Waals surface area contributed by atoms with Crippen molar-refractivity contribution < 1.29 is 4.79 Å². The molecule has 6 heteroatoms. The second-order valence-electron chi connectivity index (χ2n) is 6.00. The lowest BCUT2D eigenvalue weighted by molar-refractivity contribution is -0.124.